The monoisotopic (exact) mass is 474 g/mol. The molecule has 0 amide bonds. The van der Waals surface area contributed by atoms with E-state index < -0.39 is 0 Å². The van der Waals surface area contributed by atoms with Crippen LogP contribution >= 0.6 is 0 Å². The van der Waals surface area contributed by atoms with Crippen molar-refractivity contribution < 1.29 is 4.79 Å². The molecule has 2 aromatic heterocycles. The zero-order valence-corrected chi connectivity index (χ0v) is 21.4. The SMILES string of the molecule is CC(=O)c1c(C)c2cnc(Nc3ccc(N(C)CCN(C)C)cc3)nc2n(C23CC(C2)[C@H]3C)c1=O. The van der Waals surface area contributed by atoms with E-state index in [1.165, 1.54) is 6.92 Å². The van der Waals surface area contributed by atoms with Crippen LogP contribution < -0.4 is 15.8 Å². The van der Waals surface area contributed by atoms with Gasteiger partial charge in [-0.2, -0.15) is 4.98 Å². The number of carbonyl (C=O) groups excluding carboxylic acids is 1. The van der Waals surface area contributed by atoms with Crippen LogP contribution in [-0.4, -0.2) is 59.5 Å². The molecule has 0 unspecified atom stereocenters. The Bertz CT molecular complexity index is 1350. The van der Waals surface area contributed by atoms with Gasteiger partial charge >= 0.3 is 0 Å². The highest BCUT2D eigenvalue weighted by Crippen LogP contribution is 2.66. The third kappa shape index (κ3) is 3.71. The molecule has 0 aliphatic heterocycles. The summed E-state index contributed by atoms with van der Waals surface area (Å²) in [5, 5.41) is 4.06. The molecule has 3 aliphatic carbocycles. The van der Waals surface area contributed by atoms with Crippen LogP contribution in [0.3, 0.4) is 0 Å². The summed E-state index contributed by atoms with van der Waals surface area (Å²) in [5.74, 6) is 1.30. The van der Waals surface area contributed by atoms with E-state index in [0.717, 1.165) is 42.7 Å². The number of hydrogen-bond acceptors (Lipinski definition) is 7. The normalized spacial score (nSPS) is 22.6. The van der Waals surface area contributed by atoms with E-state index >= 15 is 0 Å². The fourth-order valence-corrected chi connectivity index (χ4v) is 5.68. The predicted octanol–water partition coefficient (Wildman–Crippen LogP) is 3.80. The van der Waals surface area contributed by atoms with Crippen LogP contribution in [0.2, 0.25) is 0 Å². The van der Waals surface area contributed by atoms with E-state index in [0.29, 0.717) is 29.0 Å². The summed E-state index contributed by atoms with van der Waals surface area (Å²) in [6, 6.07) is 8.16. The first-order valence-electron chi connectivity index (χ1n) is 12.3. The number of fused-ring (bicyclic) bond motifs is 1. The molecule has 1 atom stereocenters. The Morgan fingerprint density at radius 2 is 1.86 bits per heavy atom. The highest BCUT2D eigenvalue weighted by atomic mass is 16.1. The topological polar surface area (TPSA) is 83.4 Å². The Kier molecular flexibility index (Phi) is 5.67. The standard InChI is InChI=1S/C27H34N6O2/c1-16-22-15-28-26(29-20-7-9-21(10-8-20)32(6)12-11-31(4)5)30-24(22)33(25(35)23(16)18(3)34)27-13-19(14-27)17(27)2/h7-10,15,17,19H,11-14H2,1-6H3,(H,28,29,30)/t17-,19?,27?/m1/s1. The Balaban J connectivity index is 1.50. The first kappa shape index (κ1) is 23.5. The highest BCUT2D eigenvalue weighted by molar-refractivity contribution is 5.99. The molecule has 3 aromatic rings. The maximum atomic E-state index is 13.6. The molecule has 1 aromatic carbocycles. The third-order valence-electron chi connectivity index (χ3n) is 8.21. The minimum atomic E-state index is -0.234. The van der Waals surface area contributed by atoms with Gasteiger partial charge in [-0.05, 0) is 82.4 Å². The molecule has 35 heavy (non-hydrogen) atoms. The van der Waals surface area contributed by atoms with Gasteiger partial charge in [0.1, 0.15) is 5.65 Å². The van der Waals surface area contributed by atoms with Gasteiger partial charge in [0.2, 0.25) is 5.95 Å². The molecular weight excluding hydrogens is 440 g/mol. The second-order valence-corrected chi connectivity index (χ2v) is 10.6. The molecule has 0 saturated heterocycles. The van der Waals surface area contributed by atoms with E-state index in [2.05, 4.69) is 60.3 Å². The minimum Gasteiger partial charge on any atom is -0.373 e. The van der Waals surface area contributed by atoms with Gasteiger partial charge in [0, 0.05) is 43.1 Å². The van der Waals surface area contributed by atoms with Gasteiger partial charge < -0.3 is 15.1 Å². The van der Waals surface area contributed by atoms with Gasteiger partial charge in [-0.3, -0.25) is 14.2 Å². The number of benzene rings is 1. The van der Waals surface area contributed by atoms with Crippen molar-refractivity contribution in [2.75, 3.05) is 44.4 Å². The lowest BCUT2D eigenvalue weighted by Crippen LogP contribution is -2.69. The quantitative estimate of drug-likeness (QED) is 0.497. The number of likely N-dealkylation sites (N-methyl/N-ethyl adjacent to an activating group) is 2. The molecule has 8 nitrogen and oxygen atoms in total. The van der Waals surface area contributed by atoms with Gasteiger partial charge in [0.25, 0.3) is 5.56 Å². The second kappa shape index (κ2) is 8.45. The van der Waals surface area contributed by atoms with E-state index in [9.17, 15) is 9.59 Å². The van der Waals surface area contributed by atoms with Crippen LogP contribution in [0.5, 0.6) is 0 Å². The number of hydrogen-bond donors (Lipinski definition) is 1. The van der Waals surface area contributed by atoms with Gasteiger partial charge in [0.15, 0.2) is 5.78 Å². The molecule has 2 heterocycles. The van der Waals surface area contributed by atoms with Crippen LogP contribution in [0.25, 0.3) is 11.0 Å². The highest BCUT2D eigenvalue weighted by Gasteiger charge is 2.65. The molecule has 3 fully saturated rings. The van der Waals surface area contributed by atoms with Crippen molar-refractivity contribution >= 4 is 34.1 Å². The summed E-state index contributed by atoms with van der Waals surface area (Å²) in [7, 11) is 6.23. The lowest BCUT2D eigenvalue weighted by molar-refractivity contribution is -0.162. The van der Waals surface area contributed by atoms with Crippen molar-refractivity contribution in [1.29, 1.82) is 0 Å². The number of rotatable bonds is 8. The van der Waals surface area contributed by atoms with Crippen molar-refractivity contribution in [2.24, 2.45) is 11.8 Å². The molecule has 184 valence electrons. The Labute approximate surface area is 206 Å². The summed E-state index contributed by atoms with van der Waals surface area (Å²) < 4.78 is 1.81. The largest absolute Gasteiger partial charge is 0.373 e. The molecule has 8 heteroatoms. The molecule has 0 spiro atoms. The average Bonchev–Trinajstić information content (AvgIpc) is 2.79. The molecule has 3 aliphatic rings. The Morgan fingerprint density at radius 3 is 2.40 bits per heavy atom. The summed E-state index contributed by atoms with van der Waals surface area (Å²) >= 11 is 0. The van der Waals surface area contributed by atoms with Crippen LogP contribution in [0.4, 0.5) is 17.3 Å². The predicted molar refractivity (Wildman–Crippen MR) is 140 cm³/mol. The van der Waals surface area contributed by atoms with E-state index in [1.54, 1.807) is 6.20 Å². The van der Waals surface area contributed by atoms with Crippen LogP contribution in [-0.2, 0) is 5.54 Å². The summed E-state index contributed by atoms with van der Waals surface area (Å²) in [6.07, 6.45) is 3.68. The molecule has 2 bridgehead atoms. The number of Topliss-reactive ketones (excluding diaryl/α,β-unsaturated/α-hetero) is 1. The molecule has 6 rings (SSSR count). The Morgan fingerprint density at radius 1 is 1.17 bits per heavy atom. The third-order valence-corrected chi connectivity index (χ3v) is 8.21. The number of pyridine rings is 1. The van der Waals surface area contributed by atoms with E-state index in [1.807, 2.05) is 23.6 Å². The molecule has 0 radical (unpaired) electrons. The number of nitrogens with zero attached hydrogens (tertiary/aromatic N) is 5. The first-order valence-corrected chi connectivity index (χ1v) is 12.3. The summed E-state index contributed by atoms with van der Waals surface area (Å²) in [5.41, 5.74) is 3.08. The van der Waals surface area contributed by atoms with Crippen molar-refractivity contribution in [3.05, 3.63) is 51.9 Å². The number of nitrogens with one attached hydrogen (secondary N) is 1. The van der Waals surface area contributed by atoms with E-state index in [4.69, 9.17) is 4.98 Å². The fourth-order valence-electron chi connectivity index (χ4n) is 5.68. The van der Waals surface area contributed by atoms with Crippen molar-refractivity contribution in [3.63, 3.8) is 0 Å². The number of aromatic nitrogens is 3. The van der Waals surface area contributed by atoms with Gasteiger partial charge in [0.05, 0.1) is 11.1 Å². The fraction of sp³-hybridized carbons (Fsp3) is 0.481. The van der Waals surface area contributed by atoms with Crippen molar-refractivity contribution in [3.8, 4) is 0 Å². The summed E-state index contributed by atoms with van der Waals surface area (Å²) in [6.45, 7) is 7.39. The average molecular weight is 475 g/mol. The summed E-state index contributed by atoms with van der Waals surface area (Å²) in [4.78, 5) is 39.7. The van der Waals surface area contributed by atoms with Crippen molar-refractivity contribution in [1.82, 2.24) is 19.4 Å². The van der Waals surface area contributed by atoms with Gasteiger partial charge in [-0.1, -0.05) is 6.92 Å². The molecular formula is C27H34N6O2. The van der Waals surface area contributed by atoms with E-state index in [-0.39, 0.29) is 22.4 Å². The minimum absolute atomic E-state index is 0.208. The first-order chi connectivity index (χ1) is 16.6. The maximum Gasteiger partial charge on any atom is 0.263 e. The lowest BCUT2D eigenvalue weighted by atomic mass is 9.42. The smallest absolute Gasteiger partial charge is 0.263 e. The number of aryl methyl sites for hydroxylation is 1. The van der Waals surface area contributed by atoms with Gasteiger partial charge in [-0.15, -0.1) is 0 Å². The molecule has 3 saturated carbocycles. The Hall–Kier alpha value is -3.26. The number of anilines is 3. The lowest BCUT2D eigenvalue weighted by Gasteiger charge is -2.68. The number of ketones is 1. The maximum absolute atomic E-state index is 13.6. The van der Waals surface area contributed by atoms with Crippen molar-refractivity contribution in [2.45, 2.75) is 39.2 Å². The van der Waals surface area contributed by atoms with Crippen LogP contribution in [0, 0.1) is 18.8 Å². The van der Waals surface area contributed by atoms with Gasteiger partial charge in [-0.25, -0.2) is 4.98 Å². The molecule has 1 N–H and O–H groups in total. The zero-order chi connectivity index (χ0) is 25.1. The number of carbonyl (C=O) groups is 1. The van der Waals surface area contributed by atoms with Crippen LogP contribution in [0.1, 0.15) is 42.6 Å². The second-order valence-electron chi connectivity index (χ2n) is 10.6. The zero-order valence-electron chi connectivity index (χ0n) is 21.4. The van der Waals surface area contributed by atoms with Crippen LogP contribution in [0.15, 0.2) is 35.3 Å².